The molecule has 0 aromatic carbocycles. The topological polar surface area (TPSA) is 72.3 Å². The van der Waals surface area contributed by atoms with Gasteiger partial charge in [0.2, 0.25) is 0 Å². The molecule has 1 aliphatic heterocycles. The van der Waals surface area contributed by atoms with Crippen molar-refractivity contribution in [1.29, 1.82) is 0 Å². The summed E-state index contributed by atoms with van der Waals surface area (Å²) in [4.78, 5) is 18.6. The highest BCUT2D eigenvalue weighted by Gasteiger charge is 2.27. The van der Waals surface area contributed by atoms with Crippen LogP contribution in [-0.4, -0.2) is 51.9 Å². The Labute approximate surface area is 139 Å². The first-order valence-electron chi connectivity index (χ1n) is 7.67. The number of nitrogens with one attached hydrogen (secondary N) is 1. The van der Waals surface area contributed by atoms with Crippen LogP contribution in [0.4, 0.5) is 4.79 Å². The van der Waals surface area contributed by atoms with Crippen LogP contribution in [0, 0.1) is 6.92 Å². The molecule has 2 amide bonds. The zero-order valence-electron chi connectivity index (χ0n) is 13.4. The van der Waals surface area contributed by atoms with Gasteiger partial charge < -0.3 is 15.0 Å². The molecule has 0 radical (unpaired) electrons. The lowest BCUT2D eigenvalue weighted by molar-refractivity contribution is -0.0155. The van der Waals surface area contributed by atoms with Crippen LogP contribution in [0.2, 0.25) is 0 Å². The number of carbonyl (C=O) groups excluding carboxylic acids is 1. The SMILES string of the molecule is Cc1csc([C@@H]2CN(C(=O)NCCc3ccnn3C)CCO2)n1. The molecule has 124 valence electrons. The van der Waals surface area contributed by atoms with Crippen LogP contribution in [0.15, 0.2) is 17.6 Å². The van der Waals surface area contributed by atoms with Gasteiger partial charge in [-0.25, -0.2) is 9.78 Å². The molecule has 23 heavy (non-hydrogen) atoms. The second-order valence-corrected chi connectivity index (χ2v) is 6.45. The van der Waals surface area contributed by atoms with E-state index in [4.69, 9.17) is 4.74 Å². The van der Waals surface area contributed by atoms with Gasteiger partial charge in [-0.2, -0.15) is 5.10 Å². The van der Waals surface area contributed by atoms with Crippen LogP contribution < -0.4 is 5.32 Å². The molecule has 0 aliphatic carbocycles. The molecule has 1 aliphatic rings. The molecule has 0 bridgehead atoms. The van der Waals surface area contributed by atoms with E-state index in [0.717, 1.165) is 22.8 Å². The van der Waals surface area contributed by atoms with E-state index in [0.29, 0.717) is 26.2 Å². The third-order valence-electron chi connectivity index (χ3n) is 3.85. The van der Waals surface area contributed by atoms with E-state index in [1.807, 2.05) is 30.1 Å². The van der Waals surface area contributed by atoms with E-state index in [2.05, 4.69) is 15.4 Å². The second-order valence-electron chi connectivity index (χ2n) is 5.56. The van der Waals surface area contributed by atoms with Gasteiger partial charge in [-0.3, -0.25) is 4.68 Å². The minimum atomic E-state index is -0.120. The Hall–Kier alpha value is -1.93. The van der Waals surface area contributed by atoms with Gasteiger partial charge in [0.15, 0.2) is 0 Å². The summed E-state index contributed by atoms with van der Waals surface area (Å²) < 4.78 is 7.57. The fourth-order valence-electron chi connectivity index (χ4n) is 2.56. The summed E-state index contributed by atoms with van der Waals surface area (Å²) >= 11 is 1.58. The summed E-state index contributed by atoms with van der Waals surface area (Å²) in [6, 6.07) is 1.91. The summed E-state index contributed by atoms with van der Waals surface area (Å²) in [6.07, 6.45) is 2.41. The molecule has 1 atom stereocenters. The highest BCUT2D eigenvalue weighted by molar-refractivity contribution is 7.09. The normalized spacial score (nSPS) is 18.2. The first-order valence-corrected chi connectivity index (χ1v) is 8.54. The number of aromatic nitrogens is 3. The van der Waals surface area contributed by atoms with E-state index in [-0.39, 0.29) is 12.1 Å². The van der Waals surface area contributed by atoms with Crippen molar-refractivity contribution in [2.45, 2.75) is 19.4 Å². The smallest absolute Gasteiger partial charge is 0.317 e. The number of carbonyl (C=O) groups is 1. The molecule has 2 aromatic rings. The average Bonchev–Trinajstić information content (AvgIpc) is 3.16. The van der Waals surface area contributed by atoms with Gasteiger partial charge in [-0.05, 0) is 13.0 Å². The minimum Gasteiger partial charge on any atom is -0.367 e. The van der Waals surface area contributed by atoms with Crippen molar-refractivity contribution in [1.82, 2.24) is 25.0 Å². The number of nitrogens with zero attached hydrogens (tertiary/aromatic N) is 4. The van der Waals surface area contributed by atoms with Crippen molar-refractivity contribution < 1.29 is 9.53 Å². The standard InChI is InChI=1S/C15H21N5O2S/c1-11-10-23-14(18-11)13-9-20(7-8-22-13)15(21)16-5-3-12-4-6-17-19(12)2/h4,6,10,13H,3,5,7-9H2,1-2H3,(H,16,21)/t13-/m0/s1. The monoisotopic (exact) mass is 335 g/mol. The highest BCUT2D eigenvalue weighted by atomic mass is 32.1. The number of rotatable bonds is 4. The van der Waals surface area contributed by atoms with Crippen molar-refractivity contribution in [3.63, 3.8) is 0 Å². The van der Waals surface area contributed by atoms with E-state index in [9.17, 15) is 4.79 Å². The summed E-state index contributed by atoms with van der Waals surface area (Å²) in [5.41, 5.74) is 2.09. The van der Waals surface area contributed by atoms with Gasteiger partial charge in [0, 0.05) is 49.5 Å². The number of urea groups is 1. The second kappa shape index (κ2) is 7.10. The first kappa shape index (κ1) is 15.9. The Bertz CT molecular complexity index is 668. The predicted molar refractivity (Wildman–Crippen MR) is 87.4 cm³/mol. The number of hydrogen-bond donors (Lipinski definition) is 1. The molecule has 1 saturated heterocycles. The fraction of sp³-hybridized carbons (Fsp3) is 0.533. The van der Waals surface area contributed by atoms with Crippen LogP contribution in [-0.2, 0) is 18.2 Å². The van der Waals surface area contributed by atoms with E-state index in [1.165, 1.54) is 0 Å². The quantitative estimate of drug-likeness (QED) is 0.919. The van der Waals surface area contributed by atoms with Gasteiger partial charge in [0.05, 0.1) is 13.2 Å². The van der Waals surface area contributed by atoms with Gasteiger partial charge in [-0.15, -0.1) is 11.3 Å². The third kappa shape index (κ3) is 3.89. The van der Waals surface area contributed by atoms with E-state index in [1.54, 1.807) is 22.4 Å². The Morgan fingerprint density at radius 2 is 2.43 bits per heavy atom. The van der Waals surface area contributed by atoms with Crippen LogP contribution in [0.25, 0.3) is 0 Å². The lowest BCUT2D eigenvalue weighted by atomic mass is 10.3. The Morgan fingerprint density at radius 3 is 3.13 bits per heavy atom. The van der Waals surface area contributed by atoms with Crippen LogP contribution in [0.1, 0.15) is 22.5 Å². The molecule has 2 aromatic heterocycles. The number of morpholine rings is 1. The Morgan fingerprint density at radius 1 is 1.57 bits per heavy atom. The van der Waals surface area contributed by atoms with Gasteiger partial charge in [0.25, 0.3) is 0 Å². The number of hydrogen-bond acceptors (Lipinski definition) is 5. The van der Waals surface area contributed by atoms with Crippen molar-refractivity contribution >= 4 is 17.4 Å². The molecule has 1 fully saturated rings. The molecule has 1 N–H and O–H groups in total. The molecular formula is C15H21N5O2S. The van der Waals surface area contributed by atoms with Crippen molar-refractivity contribution in [2.75, 3.05) is 26.2 Å². The number of thiazole rings is 1. The molecule has 3 rings (SSSR count). The average molecular weight is 335 g/mol. The van der Waals surface area contributed by atoms with E-state index >= 15 is 0 Å². The lowest BCUT2D eigenvalue weighted by Gasteiger charge is -2.32. The predicted octanol–water partition coefficient (Wildman–Crippen LogP) is 1.51. The maximum absolute atomic E-state index is 12.3. The minimum absolute atomic E-state index is 0.0475. The van der Waals surface area contributed by atoms with Crippen LogP contribution in [0.3, 0.4) is 0 Å². The molecule has 3 heterocycles. The summed E-state index contributed by atoms with van der Waals surface area (Å²) in [5, 5.41) is 10.0. The molecule has 0 unspecified atom stereocenters. The molecular weight excluding hydrogens is 314 g/mol. The van der Waals surface area contributed by atoms with Crippen molar-refractivity contribution in [3.05, 3.63) is 34.0 Å². The van der Waals surface area contributed by atoms with Crippen molar-refractivity contribution in [2.24, 2.45) is 7.05 Å². The van der Waals surface area contributed by atoms with Gasteiger partial charge in [0.1, 0.15) is 11.1 Å². The first-order chi connectivity index (χ1) is 11.1. The molecule has 0 spiro atoms. The summed E-state index contributed by atoms with van der Waals surface area (Å²) in [7, 11) is 1.90. The largest absolute Gasteiger partial charge is 0.367 e. The maximum Gasteiger partial charge on any atom is 0.317 e. The molecule has 0 saturated carbocycles. The number of aryl methyl sites for hydroxylation is 2. The Kier molecular flexibility index (Phi) is 4.92. The van der Waals surface area contributed by atoms with Crippen molar-refractivity contribution in [3.8, 4) is 0 Å². The lowest BCUT2D eigenvalue weighted by Crippen LogP contribution is -2.47. The highest BCUT2D eigenvalue weighted by Crippen LogP contribution is 2.25. The molecule has 7 nitrogen and oxygen atoms in total. The van der Waals surface area contributed by atoms with E-state index < -0.39 is 0 Å². The summed E-state index contributed by atoms with van der Waals surface area (Å²) in [6.45, 7) is 4.25. The maximum atomic E-state index is 12.3. The number of ether oxygens (including phenoxy) is 1. The zero-order chi connectivity index (χ0) is 16.2. The van der Waals surface area contributed by atoms with Crippen LogP contribution >= 0.6 is 11.3 Å². The van der Waals surface area contributed by atoms with Gasteiger partial charge >= 0.3 is 6.03 Å². The van der Waals surface area contributed by atoms with Gasteiger partial charge in [-0.1, -0.05) is 0 Å². The fourth-order valence-corrected chi connectivity index (χ4v) is 3.39. The third-order valence-corrected chi connectivity index (χ3v) is 4.90. The Balaban J connectivity index is 1.50. The van der Waals surface area contributed by atoms with Crippen LogP contribution in [0.5, 0.6) is 0 Å². The molecule has 8 heteroatoms. The summed E-state index contributed by atoms with van der Waals surface area (Å²) in [5.74, 6) is 0. The zero-order valence-corrected chi connectivity index (χ0v) is 14.2. The number of amides is 2.